The summed E-state index contributed by atoms with van der Waals surface area (Å²) in [4.78, 5) is 46.5. The first-order valence-electron chi connectivity index (χ1n) is 14.8. The van der Waals surface area contributed by atoms with Crippen LogP contribution < -0.4 is 27.0 Å². The van der Waals surface area contributed by atoms with E-state index in [9.17, 15) is 19.2 Å². The van der Waals surface area contributed by atoms with Crippen molar-refractivity contribution >= 4 is 29.5 Å². The van der Waals surface area contributed by atoms with Crippen LogP contribution in [0.1, 0.15) is 83.0 Å². The minimum Gasteiger partial charge on any atom is -0.444 e. The van der Waals surface area contributed by atoms with E-state index in [-0.39, 0.29) is 36.9 Å². The average Bonchev–Trinajstić information content (AvgIpc) is 2.94. The summed E-state index contributed by atoms with van der Waals surface area (Å²) in [5, 5.41) is 10.9. The number of rotatable bonds is 15. The van der Waals surface area contributed by atoms with Gasteiger partial charge >= 0.3 is 6.09 Å². The fourth-order valence-electron chi connectivity index (χ4n) is 3.83. The van der Waals surface area contributed by atoms with Gasteiger partial charge in [0.15, 0.2) is 0 Å². The molecule has 6 N–H and O–H groups in total. The summed E-state index contributed by atoms with van der Waals surface area (Å²) in [6.45, 7) is 9.78. The maximum Gasteiger partial charge on any atom is 0.412 e. The second kappa shape index (κ2) is 21.5. The lowest BCUT2D eigenvalue weighted by molar-refractivity contribution is -0.129. The summed E-state index contributed by atoms with van der Waals surface area (Å²) in [7, 11) is 0. The average molecular weight is 594 g/mol. The fraction of sp³-hybridized carbons (Fsp3) is 0.667. The molecule has 0 saturated heterocycles. The first-order chi connectivity index (χ1) is 20.0. The molecule has 0 aromatic heterocycles. The van der Waals surface area contributed by atoms with Crippen molar-refractivity contribution < 1.29 is 33.4 Å². The van der Waals surface area contributed by atoms with Crippen LogP contribution in [0.4, 0.5) is 10.5 Å². The van der Waals surface area contributed by atoms with E-state index in [2.05, 4.69) is 28.2 Å². The van der Waals surface area contributed by atoms with Gasteiger partial charge in [-0.2, -0.15) is 0 Å². The topological polar surface area (TPSA) is 170 Å². The molecular formula is C30H51N5O7. The molecular weight excluding hydrogens is 542 g/mol. The SMILES string of the molecule is CCCCNC(=O)c1ccc(NC(=O)OC(C)(C)C)cc1.NCCOCCOCC(=O)NCC(=O)NC1CCCCC1. The van der Waals surface area contributed by atoms with Crippen LogP contribution in [0.3, 0.4) is 0 Å². The number of nitrogens with one attached hydrogen (secondary N) is 4. The summed E-state index contributed by atoms with van der Waals surface area (Å²) >= 11 is 0. The molecule has 12 heteroatoms. The number of ether oxygens (including phenoxy) is 3. The Balaban J connectivity index is 0.000000420. The van der Waals surface area contributed by atoms with E-state index >= 15 is 0 Å². The molecule has 0 bridgehead atoms. The van der Waals surface area contributed by atoms with Crippen molar-refractivity contribution in [2.24, 2.45) is 5.73 Å². The number of hydrogen-bond acceptors (Lipinski definition) is 8. The van der Waals surface area contributed by atoms with E-state index in [1.165, 1.54) is 6.42 Å². The van der Waals surface area contributed by atoms with Crippen molar-refractivity contribution in [2.75, 3.05) is 51.4 Å². The Labute approximate surface area is 250 Å². The Bertz CT molecular complexity index is 929. The number of benzene rings is 1. The van der Waals surface area contributed by atoms with Gasteiger partial charge in [0.1, 0.15) is 12.2 Å². The summed E-state index contributed by atoms with van der Waals surface area (Å²) in [5.74, 6) is -0.540. The van der Waals surface area contributed by atoms with E-state index in [4.69, 9.17) is 19.9 Å². The van der Waals surface area contributed by atoms with E-state index in [1.54, 1.807) is 45.0 Å². The van der Waals surface area contributed by atoms with Gasteiger partial charge in [-0.3, -0.25) is 19.7 Å². The van der Waals surface area contributed by atoms with E-state index in [0.717, 1.165) is 38.5 Å². The highest BCUT2D eigenvalue weighted by atomic mass is 16.6. The van der Waals surface area contributed by atoms with E-state index in [0.29, 0.717) is 44.2 Å². The lowest BCUT2D eigenvalue weighted by Gasteiger charge is -2.22. The molecule has 1 aliphatic rings. The quantitative estimate of drug-likeness (QED) is 0.193. The zero-order valence-corrected chi connectivity index (χ0v) is 25.7. The molecule has 2 rings (SSSR count). The van der Waals surface area contributed by atoms with Crippen molar-refractivity contribution in [3.63, 3.8) is 0 Å². The van der Waals surface area contributed by atoms with E-state index < -0.39 is 11.7 Å². The van der Waals surface area contributed by atoms with Crippen LogP contribution in [-0.2, 0) is 23.8 Å². The van der Waals surface area contributed by atoms with Gasteiger partial charge < -0.3 is 35.9 Å². The molecule has 12 nitrogen and oxygen atoms in total. The molecule has 0 aliphatic heterocycles. The van der Waals surface area contributed by atoms with Crippen LogP contribution in [0.25, 0.3) is 0 Å². The largest absolute Gasteiger partial charge is 0.444 e. The highest BCUT2D eigenvalue weighted by Gasteiger charge is 2.17. The van der Waals surface area contributed by atoms with Gasteiger partial charge in [0.05, 0.1) is 26.4 Å². The normalized spacial score (nSPS) is 13.3. The Morgan fingerprint density at radius 2 is 1.57 bits per heavy atom. The van der Waals surface area contributed by atoms with Crippen LogP contribution in [0.15, 0.2) is 24.3 Å². The molecule has 0 unspecified atom stereocenters. The summed E-state index contributed by atoms with van der Waals surface area (Å²) in [6.07, 6.45) is 7.13. The van der Waals surface area contributed by atoms with Crippen molar-refractivity contribution in [2.45, 2.75) is 84.3 Å². The van der Waals surface area contributed by atoms with Crippen LogP contribution >= 0.6 is 0 Å². The summed E-state index contributed by atoms with van der Waals surface area (Å²) < 4.78 is 15.4. The third-order valence-electron chi connectivity index (χ3n) is 5.89. The van der Waals surface area contributed by atoms with Crippen molar-refractivity contribution in [3.8, 4) is 0 Å². The first kappa shape index (κ1) is 36.8. The van der Waals surface area contributed by atoms with Gasteiger partial charge in [-0.25, -0.2) is 4.79 Å². The van der Waals surface area contributed by atoms with Gasteiger partial charge in [0.2, 0.25) is 11.8 Å². The lowest BCUT2D eigenvalue weighted by Crippen LogP contribution is -2.43. The predicted octanol–water partition coefficient (Wildman–Crippen LogP) is 3.11. The van der Waals surface area contributed by atoms with Gasteiger partial charge in [-0.1, -0.05) is 32.6 Å². The molecule has 0 spiro atoms. The molecule has 4 amide bonds. The zero-order chi connectivity index (χ0) is 31.2. The molecule has 1 aliphatic carbocycles. The molecule has 42 heavy (non-hydrogen) atoms. The van der Waals surface area contributed by atoms with Crippen LogP contribution in [-0.4, -0.2) is 81.5 Å². The lowest BCUT2D eigenvalue weighted by atomic mass is 9.95. The maximum atomic E-state index is 11.8. The minimum atomic E-state index is -0.539. The molecule has 0 radical (unpaired) electrons. The molecule has 0 heterocycles. The van der Waals surface area contributed by atoms with Crippen LogP contribution in [0.5, 0.6) is 0 Å². The number of amides is 4. The predicted molar refractivity (Wildman–Crippen MR) is 162 cm³/mol. The van der Waals surface area contributed by atoms with Gasteiger partial charge in [-0.05, 0) is 64.3 Å². The second-order valence-electron chi connectivity index (χ2n) is 10.9. The first-order valence-corrected chi connectivity index (χ1v) is 14.8. The molecule has 1 saturated carbocycles. The van der Waals surface area contributed by atoms with Crippen molar-refractivity contribution in [1.82, 2.24) is 16.0 Å². The summed E-state index contributed by atoms with van der Waals surface area (Å²) in [5.41, 5.74) is 5.88. The standard InChI is InChI=1S/C16H24N2O3.C14H27N3O4/c1-5-6-11-17-14(19)12-7-9-13(10-8-12)18-15(20)21-16(2,3)4;15-6-7-20-8-9-21-11-14(19)16-10-13(18)17-12-4-2-1-3-5-12/h7-10H,5-6,11H2,1-4H3,(H,17,19)(H,18,20);12H,1-11,15H2,(H,16,19)(H,17,18). The summed E-state index contributed by atoms with van der Waals surface area (Å²) in [6, 6.07) is 6.97. The fourth-order valence-corrected chi connectivity index (χ4v) is 3.83. The van der Waals surface area contributed by atoms with Crippen molar-refractivity contribution in [3.05, 3.63) is 29.8 Å². The molecule has 1 aromatic rings. The highest BCUT2D eigenvalue weighted by Crippen LogP contribution is 2.17. The third kappa shape index (κ3) is 19.0. The van der Waals surface area contributed by atoms with Crippen molar-refractivity contribution in [1.29, 1.82) is 0 Å². The third-order valence-corrected chi connectivity index (χ3v) is 5.89. The van der Waals surface area contributed by atoms with Gasteiger partial charge in [0.25, 0.3) is 5.91 Å². The van der Waals surface area contributed by atoms with E-state index in [1.807, 2.05) is 0 Å². The smallest absolute Gasteiger partial charge is 0.412 e. The van der Waals surface area contributed by atoms with Crippen LogP contribution in [0.2, 0.25) is 0 Å². The number of carbonyl (C=O) groups excluding carboxylic acids is 4. The van der Waals surface area contributed by atoms with Crippen LogP contribution in [0, 0.1) is 0 Å². The number of unbranched alkanes of at least 4 members (excludes halogenated alkanes) is 1. The Kier molecular flexibility index (Phi) is 18.8. The van der Waals surface area contributed by atoms with Gasteiger partial charge in [0, 0.05) is 30.4 Å². The molecule has 1 aromatic carbocycles. The Hall–Kier alpha value is -3.22. The van der Waals surface area contributed by atoms with Gasteiger partial charge in [-0.15, -0.1) is 0 Å². The molecule has 0 atom stereocenters. The zero-order valence-electron chi connectivity index (χ0n) is 25.7. The highest BCUT2D eigenvalue weighted by molar-refractivity contribution is 5.95. The second-order valence-corrected chi connectivity index (χ2v) is 10.9. The molecule has 1 fully saturated rings. The Morgan fingerprint density at radius 1 is 0.905 bits per heavy atom. The number of carbonyl (C=O) groups is 4. The Morgan fingerprint density at radius 3 is 2.19 bits per heavy atom. The minimum absolute atomic E-state index is 0.00235. The molecule has 238 valence electrons. The monoisotopic (exact) mass is 593 g/mol. The number of anilines is 1. The number of nitrogens with two attached hydrogens (primary N) is 1. The number of hydrogen-bond donors (Lipinski definition) is 5. The maximum absolute atomic E-state index is 11.8.